The third-order valence-corrected chi connectivity index (χ3v) is 4.94. The molecule has 0 bridgehead atoms. The summed E-state index contributed by atoms with van der Waals surface area (Å²) in [7, 11) is 0. The molecule has 1 amide bonds. The molecule has 1 atom stereocenters. The Hall–Kier alpha value is -3.80. The summed E-state index contributed by atoms with van der Waals surface area (Å²) in [5, 5.41) is 14.4. The molecule has 1 aromatic heterocycles. The van der Waals surface area contributed by atoms with Gasteiger partial charge in [0.1, 0.15) is 6.10 Å². The van der Waals surface area contributed by atoms with Gasteiger partial charge in [0.05, 0.1) is 24.4 Å². The maximum Gasteiger partial charge on any atom is 0.490 e. The lowest BCUT2D eigenvalue weighted by molar-refractivity contribution is -0.192. The maximum atomic E-state index is 13.8. The molecule has 0 spiro atoms. The van der Waals surface area contributed by atoms with Crippen LogP contribution < -0.4 is 5.32 Å². The molecule has 0 radical (unpaired) electrons. The van der Waals surface area contributed by atoms with Crippen LogP contribution in [0.3, 0.4) is 0 Å². The third kappa shape index (κ3) is 6.85. The highest BCUT2D eigenvalue weighted by Crippen LogP contribution is 2.25. The SMILES string of the molecule is O=C(NCC1OCCc2cn(Cc3ccccc3)nc21)c1cccc(F)c1F.O=C(O)C(F)(F)F. The van der Waals surface area contributed by atoms with Crippen molar-refractivity contribution in [2.24, 2.45) is 0 Å². The van der Waals surface area contributed by atoms with E-state index in [4.69, 9.17) is 14.6 Å². The normalized spacial score (nSPS) is 14.9. The highest BCUT2D eigenvalue weighted by Gasteiger charge is 2.38. The standard InChI is InChI=1S/C21H19F2N3O2.C2HF3O2/c22-17-8-4-7-16(19(17)23)21(27)24-11-18-20-15(9-10-28-18)13-26(25-20)12-14-5-2-1-3-6-14;3-2(4,5)1(6)7/h1-8,13,18H,9-12H2,(H,24,27);(H,6,7). The smallest absolute Gasteiger partial charge is 0.475 e. The Morgan fingerprint density at radius 2 is 1.80 bits per heavy atom. The fraction of sp³-hybridized carbons (Fsp3) is 0.261. The molecule has 4 rings (SSSR count). The maximum absolute atomic E-state index is 13.8. The van der Waals surface area contributed by atoms with E-state index >= 15 is 0 Å². The number of halogens is 5. The summed E-state index contributed by atoms with van der Waals surface area (Å²) in [6.07, 6.45) is -2.78. The average molecular weight is 497 g/mol. The Morgan fingerprint density at radius 1 is 1.11 bits per heavy atom. The first-order valence-corrected chi connectivity index (χ1v) is 10.3. The number of carboxylic acids is 1. The molecule has 3 aromatic rings. The molecule has 2 aromatic carbocycles. The van der Waals surface area contributed by atoms with Gasteiger partial charge in [0.15, 0.2) is 11.6 Å². The number of carbonyl (C=O) groups excluding carboxylic acids is 1. The summed E-state index contributed by atoms with van der Waals surface area (Å²) in [4.78, 5) is 21.1. The first-order chi connectivity index (χ1) is 16.6. The second-order valence-corrected chi connectivity index (χ2v) is 7.45. The third-order valence-electron chi connectivity index (χ3n) is 4.94. The van der Waals surface area contributed by atoms with Crippen molar-refractivity contribution in [2.75, 3.05) is 13.2 Å². The fourth-order valence-corrected chi connectivity index (χ4v) is 3.30. The van der Waals surface area contributed by atoms with Crippen LogP contribution in [0.4, 0.5) is 22.0 Å². The van der Waals surface area contributed by atoms with Gasteiger partial charge >= 0.3 is 12.1 Å². The minimum atomic E-state index is -5.08. The zero-order valence-corrected chi connectivity index (χ0v) is 18.1. The number of benzene rings is 2. The van der Waals surface area contributed by atoms with Crippen LogP contribution in [0, 0.1) is 11.6 Å². The first kappa shape index (κ1) is 25.8. The summed E-state index contributed by atoms with van der Waals surface area (Å²) >= 11 is 0. The lowest BCUT2D eigenvalue weighted by Gasteiger charge is -2.22. The van der Waals surface area contributed by atoms with Crippen LogP contribution in [0.15, 0.2) is 54.7 Å². The minimum absolute atomic E-state index is 0.129. The largest absolute Gasteiger partial charge is 0.490 e. The van der Waals surface area contributed by atoms with Crippen molar-refractivity contribution in [3.8, 4) is 0 Å². The predicted molar refractivity (Wildman–Crippen MR) is 113 cm³/mol. The lowest BCUT2D eigenvalue weighted by atomic mass is 10.1. The first-order valence-electron chi connectivity index (χ1n) is 10.3. The van der Waals surface area contributed by atoms with Gasteiger partial charge in [-0.15, -0.1) is 0 Å². The Kier molecular flexibility index (Phi) is 8.18. The minimum Gasteiger partial charge on any atom is -0.475 e. The molecule has 0 saturated carbocycles. The molecule has 0 aliphatic carbocycles. The van der Waals surface area contributed by atoms with E-state index in [9.17, 15) is 26.7 Å². The molecule has 0 saturated heterocycles. The molecule has 2 heterocycles. The number of carbonyl (C=O) groups is 2. The number of fused-ring (bicyclic) bond motifs is 1. The van der Waals surface area contributed by atoms with Gasteiger partial charge in [0.25, 0.3) is 5.91 Å². The van der Waals surface area contributed by atoms with Gasteiger partial charge in [-0.05, 0) is 29.7 Å². The zero-order valence-electron chi connectivity index (χ0n) is 18.1. The Morgan fingerprint density at radius 3 is 2.46 bits per heavy atom. The van der Waals surface area contributed by atoms with Crippen molar-refractivity contribution >= 4 is 11.9 Å². The molecule has 1 aliphatic rings. The van der Waals surface area contributed by atoms with Crippen molar-refractivity contribution in [1.82, 2.24) is 15.1 Å². The Balaban J connectivity index is 0.000000429. The van der Waals surface area contributed by atoms with E-state index in [-0.39, 0.29) is 12.1 Å². The van der Waals surface area contributed by atoms with Crippen LogP contribution in [-0.4, -0.2) is 46.1 Å². The van der Waals surface area contributed by atoms with Gasteiger partial charge in [-0.3, -0.25) is 9.48 Å². The van der Waals surface area contributed by atoms with Gasteiger partial charge in [-0.2, -0.15) is 18.3 Å². The van der Waals surface area contributed by atoms with Crippen molar-refractivity contribution in [1.29, 1.82) is 0 Å². The summed E-state index contributed by atoms with van der Waals surface area (Å²) in [5.41, 5.74) is 2.64. The van der Waals surface area contributed by atoms with Crippen LogP contribution in [-0.2, 0) is 22.5 Å². The number of nitrogens with one attached hydrogen (secondary N) is 1. The Bertz CT molecular complexity index is 1180. The van der Waals surface area contributed by atoms with Crippen LogP contribution in [0.5, 0.6) is 0 Å². The lowest BCUT2D eigenvalue weighted by Crippen LogP contribution is -2.32. The fourth-order valence-electron chi connectivity index (χ4n) is 3.30. The number of hydrogen-bond donors (Lipinski definition) is 2. The highest BCUT2D eigenvalue weighted by atomic mass is 19.4. The van der Waals surface area contributed by atoms with E-state index < -0.39 is 35.8 Å². The van der Waals surface area contributed by atoms with Gasteiger partial charge in [-0.1, -0.05) is 36.4 Å². The highest BCUT2D eigenvalue weighted by molar-refractivity contribution is 5.94. The second kappa shape index (κ2) is 11.1. The summed E-state index contributed by atoms with van der Waals surface area (Å²) in [5.74, 6) is -5.65. The van der Waals surface area contributed by atoms with E-state index in [1.165, 1.54) is 12.1 Å². The number of ether oxygens (including phenoxy) is 1. The monoisotopic (exact) mass is 497 g/mol. The summed E-state index contributed by atoms with van der Waals surface area (Å²) < 4.78 is 66.4. The number of nitrogens with zero attached hydrogens (tertiary/aromatic N) is 2. The molecule has 1 unspecified atom stereocenters. The van der Waals surface area contributed by atoms with Crippen LogP contribution in [0.2, 0.25) is 0 Å². The van der Waals surface area contributed by atoms with E-state index in [2.05, 4.69) is 10.4 Å². The molecule has 35 heavy (non-hydrogen) atoms. The number of aliphatic carboxylic acids is 1. The quantitative estimate of drug-likeness (QED) is 0.522. The van der Waals surface area contributed by atoms with Crippen molar-refractivity contribution in [3.63, 3.8) is 0 Å². The topological polar surface area (TPSA) is 93.5 Å². The van der Waals surface area contributed by atoms with Gasteiger partial charge in [0.2, 0.25) is 0 Å². The predicted octanol–water partition coefficient (Wildman–Crippen LogP) is 3.89. The number of alkyl halides is 3. The molecular formula is C23H20F5N3O4. The summed E-state index contributed by atoms with van der Waals surface area (Å²) in [6, 6.07) is 13.5. The van der Waals surface area contributed by atoms with Crippen molar-refractivity contribution < 1.29 is 41.4 Å². The zero-order chi connectivity index (χ0) is 25.6. The number of amides is 1. The molecule has 1 aliphatic heterocycles. The molecular weight excluding hydrogens is 477 g/mol. The van der Waals surface area contributed by atoms with E-state index in [0.717, 1.165) is 29.3 Å². The van der Waals surface area contributed by atoms with Crippen LogP contribution in [0.1, 0.15) is 33.3 Å². The number of hydrogen-bond acceptors (Lipinski definition) is 4. The van der Waals surface area contributed by atoms with Crippen molar-refractivity contribution in [2.45, 2.75) is 25.2 Å². The molecule has 186 valence electrons. The second-order valence-electron chi connectivity index (χ2n) is 7.45. The number of rotatable bonds is 5. The molecule has 0 fully saturated rings. The van der Waals surface area contributed by atoms with Gasteiger partial charge < -0.3 is 15.2 Å². The molecule has 12 heteroatoms. The van der Waals surface area contributed by atoms with Crippen molar-refractivity contribution in [3.05, 3.63) is 88.7 Å². The average Bonchev–Trinajstić information content (AvgIpc) is 3.22. The van der Waals surface area contributed by atoms with E-state index in [1.54, 1.807) is 0 Å². The van der Waals surface area contributed by atoms with Crippen LogP contribution >= 0.6 is 0 Å². The molecule has 2 N–H and O–H groups in total. The van der Waals surface area contributed by atoms with E-state index in [1.807, 2.05) is 41.2 Å². The number of aromatic nitrogens is 2. The van der Waals surface area contributed by atoms with Gasteiger partial charge in [-0.25, -0.2) is 13.6 Å². The molecule has 7 nitrogen and oxygen atoms in total. The Labute approximate surface area is 196 Å². The summed E-state index contributed by atoms with van der Waals surface area (Å²) in [6.45, 7) is 1.28. The van der Waals surface area contributed by atoms with Crippen LogP contribution in [0.25, 0.3) is 0 Å². The number of carboxylic acid groups (broad SMARTS) is 1. The van der Waals surface area contributed by atoms with E-state index in [0.29, 0.717) is 13.2 Å². The van der Waals surface area contributed by atoms with Gasteiger partial charge in [0, 0.05) is 12.7 Å².